The van der Waals surface area contributed by atoms with E-state index in [-0.39, 0.29) is 41.8 Å². The minimum Gasteiger partial charge on any atom is -0.469 e. The summed E-state index contributed by atoms with van der Waals surface area (Å²) in [4.78, 5) is 44.0. The van der Waals surface area contributed by atoms with Crippen molar-refractivity contribution in [2.75, 3.05) is 40.3 Å². The van der Waals surface area contributed by atoms with E-state index in [1.807, 2.05) is 29.2 Å². The summed E-state index contributed by atoms with van der Waals surface area (Å²) >= 11 is 6.15. The number of fused-ring (bicyclic) bond motifs is 1. The molecule has 1 N–H and O–H groups in total. The zero-order valence-corrected chi connectivity index (χ0v) is 20.8. The van der Waals surface area contributed by atoms with Crippen molar-refractivity contribution in [3.05, 3.63) is 34.9 Å². The summed E-state index contributed by atoms with van der Waals surface area (Å²) < 4.78 is 4.83. The molecule has 3 heterocycles. The number of hydrogen-bond acceptors (Lipinski definition) is 6. The van der Waals surface area contributed by atoms with Crippen LogP contribution in [0.25, 0.3) is 0 Å². The Morgan fingerprint density at radius 3 is 2.65 bits per heavy atom. The molecule has 8 nitrogen and oxygen atoms in total. The monoisotopic (exact) mass is 490 g/mol. The third-order valence-electron chi connectivity index (χ3n) is 7.70. The number of likely N-dealkylation sites (tertiary alicyclic amines) is 2. The first-order valence-electron chi connectivity index (χ1n) is 12.2. The van der Waals surface area contributed by atoms with Crippen LogP contribution in [0.1, 0.15) is 37.7 Å². The molecule has 3 atom stereocenters. The number of halogens is 1. The second-order valence-electron chi connectivity index (χ2n) is 9.68. The second-order valence-corrected chi connectivity index (χ2v) is 10.1. The zero-order chi connectivity index (χ0) is 24.2. The van der Waals surface area contributed by atoms with Crippen molar-refractivity contribution in [2.24, 2.45) is 5.92 Å². The molecule has 9 heteroatoms. The summed E-state index contributed by atoms with van der Waals surface area (Å²) in [6, 6.07) is 7.82. The normalized spacial score (nSPS) is 26.6. The maximum Gasteiger partial charge on any atom is 0.308 e. The fourth-order valence-electron chi connectivity index (χ4n) is 5.68. The van der Waals surface area contributed by atoms with Gasteiger partial charge in [0.25, 0.3) is 0 Å². The number of hydrogen-bond donors (Lipinski definition) is 1. The third-order valence-corrected chi connectivity index (χ3v) is 7.93. The molecule has 3 aliphatic rings. The van der Waals surface area contributed by atoms with Gasteiger partial charge in [-0.3, -0.25) is 24.2 Å². The summed E-state index contributed by atoms with van der Waals surface area (Å²) in [6.45, 7) is 3.27. The maximum absolute atomic E-state index is 13.0. The highest BCUT2D eigenvalue weighted by molar-refractivity contribution is 6.30. The van der Waals surface area contributed by atoms with Crippen LogP contribution in [-0.2, 0) is 25.7 Å². The Morgan fingerprint density at radius 1 is 1.18 bits per heavy atom. The van der Waals surface area contributed by atoms with Gasteiger partial charge in [0, 0.05) is 56.3 Å². The first-order valence-corrected chi connectivity index (χ1v) is 12.6. The highest BCUT2D eigenvalue weighted by atomic mass is 35.5. The molecule has 4 rings (SSSR count). The van der Waals surface area contributed by atoms with E-state index < -0.39 is 0 Å². The van der Waals surface area contributed by atoms with Crippen LogP contribution in [0.4, 0.5) is 0 Å². The predicted octanol–water partition coefficient (Wildman–Crippen LogP) is 1.90. The number of carbonyl (C=O) groups excluding carboxylic acids is 3. The van der Waals surface area contributed by atoms with Gasteiger partial charge in [0.05, 0.1) is 13.0 Å². The Balaban J connectivity index is 1.32. The number of nitrogens with one attached hydrogen (secondary N) is 1. The number of likely N-dealkylation sites (N-methyl/N-ethyl adjacent to an activating group) is 1. The van der Waals surface area contributed by atoms with E-state index in [9.17, 15) is 14.4 Å². The quantitative estimate of drug-likeness (QED) is 0.613. The molecule has 3 aliphatic heterocycles. The van der Waals surface area contributed by atoms with Gasteiger partial charge in [-0.05, 0) is 50.4 Å². The highest BCUT2D eigenvalue weighted by Gasteiger charge is 2.45. The molecular formula is C25H35ClN4O4. The van der Waals surface area contributed by atoms with Crippen molar-refractivity contribution < 1.29 is 19.1 Å². The van der Waals surface area contributed by atoms with E-state index in [0.29, 0.717) is 56.9 Å². The van der Waals surface area contributed by atoms with Gasteiger partial charge in [-0.2, -0.15) is 0 Å². The van der Waals surface area contributed by atoms with E-state index in [4.69, 9.17) is 16.3 Å². The van der Waals surface area contributed by atoms with E-state index in [2.05, 4.69) is 22.2 Å². The van der Waals surface area contributed by atoms with Crippen LogP contribution in [0.15, 0.2) is 24.3 Å². The Morgan fingerprint density at radius 2 is 1.94 bits per heavy atom. The number of piperidine rings is 1. The van der Waals surface area contributed by atoms with Gasteiger partial charge in [-0.1, -0.05) is 23.7 Å². The molecule has 0 bridgehead atoms. The molecule has 34 heavy (non-hydrogen) atoms. The molecule has 0 spiro atoms. The molecule has 0 saturated carbocycles. The van der Waals surface area contributed by atoms with Crippen molar-refractivity contribution in [1.82, 2.24) is 20.0 Å². The molecule has 0 radical (unpaired) electrons. The first-order chi connectivity index (χ1) is 16.4. The number of benzene rings is 1. The SMILES string of the molecule is COC(=O)C1CCN(C(=O)CC[C@H]2CNC(=O)[C@@H]3[C@@H](CCN3Cc3cccc(Cl)c3)N2C)CC1. The number of methoxy groups -OCH3 is 1. The van der Waals surface area contributed by atoms with Crippen LogP contribution >= 0.6 is 11.6 Å². The molecule has 0 aliphatic carbocycles. The van der Waals surface area contributed by atoms with Crippen LogP contribution in [-0.4, -0.2) is 90.9 Å². The number of esters is 1. The average molecular weight is 491 g/mol. The molecule has 2 amide bonds. The number of rotatable bonds is 6. The largest absolute Gasteiger partial charge is 0.469 e. The van der Waals surface area contributed by atoms with Gasteiger partial charge in [-0.15, -0.1) is 0 Å². The van der Waals surface area contributed by atoms with Gasteiger partial charge in [0.15, 0.2) is 0 Å². The molecule has 186 valence electrons. The molecular weight excluding hydrogens is 456 g/mol. The molecule has 0 aromatic heterocycles. The summed E-state index contributed by atoms with van der Waals surface area (Å²) in [5, 5.41) is 3.83. The fraction of sp³-hybridized carbons (Fsp3) is 0.640. The minimum atomic E-state index is -0.206. The number of amides is 2. The highest BCUT2D eigenvalue weighted by Crippen LogP contribution is 2.29. The van der Waals surface area contributed by atoms with Crippen molar-refractivity contribution >= 4 is 29.4 Å². The predicted molar refractivity (Wildman–Crippen MR) is 129 cm³/mol. The van der Waals surface area contributed by atoms with E-state index in [1.54, 1.807) is 0 Å². The Kier molecular flexibility index (Phi) is 8.11. The molecule has 3 saturated heterocycles. The molecule has 1 aromatic rings. The van der Waals surface area contributed by atoms with Crippen LogP contribution in [0, 0.1) is 5.92 Å². The number of carbonyl (C=O) groups is 3. The number of nitrogens with zero attached hydrogens (tertiary/aromatic N) is 3. The lowest BCUT2D eigenvalue weighted by Gasteiger charge is -2.34. The maximum atomic E-state index is 13.0. The topological polar surface area (TPSA) is 82.2 Å². The van der Waals surface area contributed by atoms with Crippen molar-refractivity contribution in [2.45, 2.75) is 56.8 Å². The smallest absolute Gasteiger partial charge is 0.308 e. The Labute approximate surface area is 206 Å². The van der Waals surface area contributed by atoms with Crippen LogP contribution in [0.3, 0.4) is 0 Å². The summed E-state index contributed by atoms with van der Waals surface area (Å²) in [6.07, 6.45) is 3.37. The van der Waals surface area contributed by atoms with Crippen molar-refractivity contribution in [3.63, 3.8) is 0 Å². The van der Waals surface area contributed by atoms with Crippen molar-refractivity contribution in [3.8, 4) is 0 Å². The van der Waals surface area contributed by atoms with Crippen LogP contribution in [0.2, 0.25) is 5.02 Å². The van der Waals surface area contributed by atoms with Gasteiger partial charge in [-0.25, -0.2) is 0 Å². The van der Waals surface area contributed by atoms with Crippen LogP contribution < -0.4 is 5.32 Å². The minimum absolute atomic E-state index is 0.0649. The van der Waals surface area contributed by atoms with E-state index in [1.165, 1.54) is 7.11 Å². The molecule has 3 fully saturated rings. The standard InChI is InChI=1S/C25H35ClN4O4/c1-28-20(6-7-22(31)29-11-8-18(9-12-29)25(33)34-2)15-27-24(32)23-21(28)10-13-30(23)16-17-4-3-5-19(26)14-17/h3-5,14,18,20-21,23H,6-13,15-16H2,1-2H3,(H,27,32)/t20-,21+,23-/m0/s1. The first kappa shape index (κ1) is 24.9. The van der Waals surface area contributed by atoms with Crippen LogP contribution in [0.5, 0.6) is 0 Å². The van der Waals surface area contributed by atoms with Gasteiger partial charge < -0.3 is 15.0 Å². The zero-order valence-electron chi connectivity index (χ0n) is 20.0. The number of ether oxygens (including phenoxy) is 1. The van der Waals surface area contributed by atoms with Gasteiger partial charge >= 0.3 is 5.97 Å². The Bertz CT molecular complexity index is 905. The molecule has 0 unspecified atom stereocenters. The lowest BCUT2D eigenvalue weighted by Crippen LogP contribution is -2.49. The Hall–Kier alpha value is -2.16. The van der Waals surface area contributed by atoms with Gasteiger partial charge in [0.2, 0.25) is 11.8 Å². The molecule has 1 aromatic carbocycles. The lowest BCUT2D eigenvalue weighted by molar-refractivity contribution is -0.149. The second kappa shape index (κ2) is 11.1. The summed E-state index contributed by atoms with van der Waals surface area (Å²) in [5.74, 6) is -0.0993. The van der Waals surface area contributed by atoms with E-state index in [0.717, 1.165) is 18.5 Å². The van der Waals surface area contributed by atoms with Gasteiger partial charge in [0.1, 0.15) is 6.04 Å². The summed E-state index contributed by atoms with van der Waals surface area (Å²) in [7, 11) is 3.49. The van der Waals surface area contributed by atoms with E-state index >= 15 is 0 Å². The summed E-state index contributed by atoms with van der Waals surface area (Å²) in [5.41, 5.74) is 1.10. The lowest BCUT2D eigenvalue weighted by atomic mass is 9.96. The van der Waals surface area contributed by atoms with Crippen molar-refractivity contribution in [1.29, 1.82) is 0 Å². The fourth-order valence-corrected chi connectivity index (χ4v) is 5.89. The third kappa shape index (κ3) is 5.56. The average Bonchev–Trinajstić information content (AvgIpc) is 3.21.